The number of halogens is 1. The Bertz CT molecular complexity index is 630. The van der Waals surface area contributed by atoms with Crippen molar-refractivity contribution >= 4 is 24.2 Å². The molecule has 0 spiro atoms. The standard InChI is InChI=1S/C17H21N3O2.ClH/c21-16(19-14-5-6-14)15-2-1-7-20(15)17(22)11-3-4-12-9-18-10-13(12)8-11;/h3-4,8,14-15,18H,1-2,5-7,9-10H2,(H,19,21);1H. The molecule has 23 heavy (non-hydrogen) atoms. The summed E-state index contributed by atoms with van der Waals surface area (Å²) in [5, 5.41) is 6.32. The summed E-state index contributed by atoms with van der Waals surface area (Å²) in [6.07, 6.45) is 3.83. The number of nitrogens with one attached hydrogen (secondary N) is 2. The molecule has 2 amide bonds. The van der Waals surface area contributed by atoms with E-state index in [1.165, 1.54) is 11.1 Å². The molecule has 1 unspecified atom stereocenters. The molecule has 5 nitrogen and oxygen atoms in total. The number of nitrogens with zero attached hydrogens (tertiary/aromatic N) is 1. The Morgan fingerprint density at radius 3 is 2.70 bits per heavy atom. The lowest BCUT2D eigenvalue weighted by Gasteiger charge is -2.24. The maximum absolute atomic E-state index is 12.8. The number of rotatable bonds is 3. The number of hydrogen-bond acceptors (Lipinski definition) is 3. The summed E-state index contributed by atoms with van der Waals surface area (Å²) < 4.78 is 0. The second kappa shape index (κ2) is 6.49. The zero-order valence-corrected chi connectivity index (χ0v) is 13.8. The minimum Gasteiger partial charge on any atom is -0.352 e. The number of amides is 2. The van der Waals surface area contributed by atoms with Crippen LogP contribution in [0.4, 0.5) is 0 Å². The van der Waals surface area contributed by atoms with Gasteiger partial charge < -0.3 is 15.5 Å². The van der Waals surface area contributed by atoms with Crippen LogP contribution < -0.4 is 10.6 Å². The van der Waals surface area contributed by atoms with Crippen LogP contribution in [0.5, 0.6) is 0 Å². The van der Waals surface area contributed by atoms with Crippen LogP contribution in [0.2, 0.25) is 0 Å². The summed E-state index contributed by atoms with van der Waals surface area (Å²) in [6, 6.07) is 5.95. The van der Waals surface area contributed by atoms with E-state index in [9.17, 15) is 9.59 Å². The lowest BCUT2D eigenvalue weighted by Crippen LogP contribution is -2.46. The van der Waals surface area contributed by atoms with Crippen LogP contribution in [-0.2, 0) is 17.9 Å². The first kappa shape index (κ1) is 16.3. The lowest BCUT2D eigenvalue weighted by molar-refractivity contribution is -0.125. The second-order valence-electron chi connectivity index (χ2n) is 6.53. The molecule has 6 heteroatoms. The van der Waals surface area contributed by atoms with Crippen molar-refractivity contribution in [3.8, 4) is 0 Å². The minimum atomic E-state index is -0.292. The fourth-order valence-electron chi connectivity index (χ4n) is 3.40. The monoisotopic (exact) mass is 335 g/mol. The van der Waals surface area contributed by atoms with Crippen LogP contribution in [0.15, 0.2) is 18.2 Å². The number of hydrogen-bond donors (Lipinski definition) is 2. The Morgan fingerprint density at radius 2 is 1.91 bits per heavy atom. The van der Waals surface area contributed by atoms with Crippen molar-refractivity contribution in [1.29, 1.82) is 0 Å². The molecule has 1 aromatic carbocycles. The van der Waals surface area contributed by atoms with E-state index in [0.717, 1.165) is 38.8 Å². The van der Waals surface area contributed by atoms with E-state index in [-0.39, 0.29) is 30.3 Å². The third-order valence-corrected chi connectivity index (χ3v) is 4.82. The molecule has 2 aliphatic heterocycles. The Morgan fingerprint density at radius 1 is 1.13 bits per heavy atom. The molecule has 1 saturated heterocycles. The summed E-state index contributed by atoms with van der Waals surface area (Å²) in [7, 11) is 0. The summed E-state index contributed by atoms with van der Waals surface area (Å²) in [5.41, 5.74) is 3.17. The Balaban J connectivity index is 0.00000156. The van der Waals surface area contributed by atoms with Gasteiger partial charge in [0.05, 0.1) is 0 Å². The third-order valence-electron chi connectivity index (χ3n) is 4.82. The molecular weight excluding hydrogens is 314 g/mol. The van der Waals surface area contributed by atoms with Gasteiger partial charge in [-0.2, -0.15) is 0 Å². The van der Waals surface area contributed by atoms with Gasteiger partial charge in [0.1, 0.15) is 6.04 Å². The van der Waals surface area contributed by atoms with Gasteiger partial charge in [-0.25, -0.2) is 0 Å². The number of carbonyl (C=O) groups is 2. The molecule has 2 N–H and O–H groups in total. The zero-order valence-electron chi connectivity index (χ0n) is 13.0. The van der Waals surface area contributed by atoms with Crippen molar-refractivity contribution in [2.75, 3.05) is 6.54 Å². The molecule has 4 rings (SSSR count). The number of likely N-dealkylation sites (tertiary alicyclic amines) is 1. The fraction of sp³-hybridized carbons (Fsp3) is 0.529. The second-order valence-corrected chi connectivity index (χ2v) is 6.53. The van der Waals surface area contributed by atoms with Gasteiger partial charge in [0, 0.05) is 31.2 Å². The van der Waals surface area contributed by atoms with E-state index in [2.05, 4.69) is 10.6 Å². The highest BCUT2D eigenvalue weighted by Gasteiger charge is 2.36. The van der Waals surface area contributed by atoms with Gasteiger partial charge in [-0.3, -0.25) is 9.59 Å². The van der Waals surface area contributed by atoms with E-state index in [1.807, 2.05) is 18.2 Å². The fourth-order valence-corrected chi connectivity index (χ4v) is 3.40. The van der Waals surface area contributed by atoms with E-state index >= 15 is 0 Å². The maximum atomic E-state index is 12.8. The van der Waals surface area contributed by atoms with Crippen LogP contribution in [-0.4, -0.2) is 35.3 Å². The van der Waals surface area contributed by atoms with Gasteiger partial charge in [-0.1, -0.05) is 6.07 Å². The van der Waals surface area contributed by atoms with Crippen molar-refractivity contribution in [2.45, 2.75) is 50.9 Å². The van der Waals surface area contributed by atoms with Crippen molar-refractivity contribution in [3.63, 3.8) is 0 Å². The maximum Gasteiger partial charge on any atom is 0.254 e. The topological polar surface area (TPSA) is 61.4 Å². The first-order chi connectivity index (χ1) is 10.7. The van der Waals surface area contributed by atoms with Crippen molar-refractivity contribution in [1.82, 2.24) is 15.5 Å². The molecular formula is C17H22ClN3O2. The number of benzene rings is 1. The molecule has 0 bridgehead atoms. The highest BCUT2D eigenvalue weighted by Crippen LogP contribution is 2.25. The normalized spacial score (nSPS) is 22.4. The molecule has 1 saturated carbocycles. The molecule has 0 aromatic heterocycles. The quantitative estimate of drug-likeness (QED) is 0.882. The highest BCUT2D eigenvalue weighted by molar-refractivity contribution is 5.98. The van der Waals surface area contributed by atoms with Crippen LogP contribution in [0, 0.1) is 0 Å². The molecule has 0 radical (unpaired) electrons. The summed E-state index contributed by atoms with van der Waals surface area (Å²) in [6.45, 7) is 2.37. The van der Waals surface area contributed by atoms with Gasteiger partial charge in [0.2, 0.25) is 5.91 Å². The van der Waals surface area contributed by atoms with Crippen LogP contribution in [0.25, 0.3) is 0 Å². The highest BCUT2D eigenvalue weighted by atomic mass is 35.5. The van der Waals surface area contributed by atoms with Crippen LogP contribution >= 0.6 is 12.4 Å². The van der Waals surface area contributed by atoms with Crippen molar-refractivity contribution in [2.24, 2.45) is 0 Å². The third kappa shape index (κ3) is 3.21. The molecule has 1 atom stereocenters. The molecule has 1 aromatic rings. The Kier molecular flexibility index (Phi) is 4.60. The predicted octanol–water partition coefficient (Wildman–Crippen LogP) is 1.59. The smallest absolute Gasteiger partial charge is 0.254 e. The molecule has 3 aliphatic rings. The van der Waals surface area contributed by atoms with Crippen LogP contribution in [0.3, 0.4) is 0 Å². The number of fused-ring (bicyclic) bond motifs is 1. The van der Waals surface area contributed by atoms with Crippen molar-refractivity contribution < 1.29 is 9.59 Å². The van der Waals surface area contributed by atoms with Gasteiger partial charge >= 0.3 is 0 Å². The first-order valence-electron chi connectivity index (χ1n) is 8.16. The van der Waals surface area contributed by atoms with E-state index in [4.69, 9.17) is 0 Å². The number of carbonyl (C=O) groups excluding carboxylic acids is 2. The lowest BCUT2D eigenvalue weighted by atomic mass is 10.1. The molecule has 2 heterocycles. The summed E-state index contributed by atoms with van der Waals surface area (Å²) >= 11 is 0. The average molecular weight is 336 g/mol. The summed E-state index contributed by atoms with van der Waals surface area (Å²) in [4.78, 5) is 26.9. The largest absolute Gasteiger partial charge is 0.352 e. The molecule has 1 aliphatic carbocycles. The Labute approximate surface area is 142 Å². The predicted molar refractivity (Wildman–Crippen MR) is 89.5 cm³/mol. The summed E-state index contributed by atoms with van der Waals surface area (Å²) in [5.74, 6) is 0.0133. The van der Waals surface area contributed by atoms with E-state index < -0.39 is 0 Å². The van der Waals surface area contributed by atoms with E-state index in [0.29, 0.717) is 18.2 Å². The minimum absolute atomic E-state index is 0. The molecule has 124 valence electrons. The van der Waals surface area contributed by atoms with Crippen LogP contribution in [0.1, 0.15) is 47.2 Å². The SMILES string of the molecule is Cl.O=C(NC1CC1)C1CCCN1C(=O)c1ccc2c(c1)CNC2. The van der Waals surface area contributed by atoms with Gasteiger partial charge in [0.25, 0.3) is 5.91 Å². The first-order valence-corrected chi connectivity index (χ1v) is 8.16. The Hall–Kier alpha value is -1.59. The molecule has 2 fully saturated rings. The van der Waals surface area contributed by atoms with Gasteiger partial charge in [-0.05, 0) is 48.9 Å². The van der Waals surface area contributed by atoms with Gasteiger partial charge in [-0.15, -0.1) is 12.4 Å². The van der Waals surface area contributed by atoms with E-state index in [1.54, 1.807) is 4.90 Å². The van der Waals surface area contributed by atoms with Gasteiger partial charge in [0.15, 0.2) is 0 Å². The zero-order chi connectivity index (χ0) is 15.1. The van der Waals surface area contributed by atoms with Crippen molar-refractivity contribution in [3.05, 3.63) is 34.9 Å². The average Bonchev–Trinajstić information content (AvgIpc) is 3.05.